The molecule has 14 aliphatic rings. The van der Waals surface area contributed by atoms with Crippen LogP contribution in [0.4, 0.5) is 0 Å². The molecule has 10 aromatic rings. The van der Waals surface area contributed by atoms with Gasteiger partial charge in [0, 0.05) is 123 Å². The van der Waals surface area contributed by atoms with Crippen LogP contribution >= 0.6 is 0 Å². The summed E-state index contributed by atoms with van der Waals surface area (Å²) in [4.78, 5) is 63.9. The number of hydrogen-bond donors (Lipinski definition) is 14. The number of carbonyl (C=O) groups is 2. The van der Waals surface area contributed by atoms with Crippen LogP contribution in [0.25, 0.3) is 83.0 Å². The molecule has 14 N–H and O–H groups in total. The Morgan fingerprint density at radius 3 is 1.47 bits per heavy atom. The number of H-pyrrole nitrogens is 5. The molecule has 0 spiro atoms. The smallest absolute Gasteiger partial charge is 0.531 e. The van der Waals surface area contributed by atoms with Crippen LogP contribution in [0.15, 0.2) is 122 Å². The second-order valence-electron chi connectivity index (χ2n) is 37.7. The minimum atomic E-state index is -3.21. The zero-order valence-electron chi connectivity index (χ0n) is 72.9. The highest BCUT2D eigenvalue weighted by Gasteiger charge is 2.55. The van der Waals surface area contributed by atoms with E-state index < -0.39 is 55.6 Å². The van der Waals surface area contributed by atoms with Crippen molar-refractivity contribution in [1.82, 2.24) is 74.8 Å². The lowest BCUT2D eigenvalue weighted by Gasteiger charge is -2.60. The Bertz CT molecular complexity index is 6290. The minimum absolute atomic E-state index is 0.0375. The highest BCUT2D eigenvalue weighted by molar-refractivity contribution is 7.89. The van der Waals surface area contributed by atoms with E-state index in [1.165, 1.54) is 50.3 Å². The van der Waals surface area contributed by atoms with Crippen LogP contribution in [-0.2, 0) is 29.6 Å². The number of aromatic nitrogens is 10. The van der Waals surface area contributed by atoms with E-state index in [2.05, 4.69) is 89.8 Å². The molecule has 9 fully saturated rings. The Morgan fingerprint density at radius 2 is 1.00 bits per heavy atom. The number of nitrogens with zero attached hydrogens (tertiary/aromatic N) is 6. The molecular formula is C90H110B5N15O16S2. The maximum Gasteiger partial charge on any atom is 0.555 e. The third-order valence-corrected chi connectivity index (χ3v) is 32.3. The van der Waals surface area contributed by atoms with E-state index in [1.807, 2.05) is 86.9 Å². The Kier molecular flexibility index (Phi) is 24.4. The number of piperidine rings is 1. The van der Waals surface area contributed by atoms with Gasteiger partial charge in [-0.3, -0.25) is 9.59 Å². The minimum Gasteiger partial charge on any atom is -0.531 e. The fraction of sp³-hybridized carbons (Fsp3) is 0.478. The number of sulfonamides is 2. The summed E-state index contributed by atoms with van der Waals surface area (Å²) in [7, 11) is -9.68. The van der Waals surface area contributed by atoms with E-state index in [-0.39, 0.29) is 65.1 Å². The fourth-order valence-corrected chi connectivity index (χ4v) is 25.9. The molecule has 0 radical (unpaired) electrons. The van der Waals surface area contributed by atoms with Crippen molar-refractivity contribution in [3.63, 3.8) is 0 Å². The molecule has 3 unspecified atom stereocenters. The number of carbonyl (C=O) groups excluding carboxylic acids is 2. The van der Waals surface area contributed by atoms with Crippen molar-refractivity contribution < 1.29 is 74.8 Å². The van der Waals surface area contributed by atoms with Crippen molar-refractivity contribution in [3.8, 4) is 28.7 Å². The average Bonchev–Trinajstić information content (AvgIpc) is 1.11. The number of allylic oxidation sites excluding steroid dienone is 5. The molecule has 24 rings (SSSR count). The molecule has 4 bridgehead atoms. The zero-order chi connectivity index (χ0) is 88.8. The SMILES string of the molecule is CC12CC3CC(C1)C(C1=CB(O)Oc4cnc5[nH]ccc5c41)C(C3)C2.CCC(=O)N1CC[C@@H](C)[C@@H](C2=CB(O)Oc3cnc4[nH]ccc4c32)C1.CCCS(=O)(=O)NC1CC(C2=C(C)B(O)Oc3cnc4[nH]ccc4c32)C1.CNS(=O)(=O)CC1CCC(C2=CB(O)Oc3cnc4[nH]ccc4c32)CC1.O=C(NC1CC(C2=CB(O)Oc3cnc4[nH]ccc4c32)C1)C1CCCN1. The van der Waals surface area contributed by atoms with E-state index in [1.54, 1.807) is 48.9 Å². The number of rotatable bonds is 15. The first-order valence-corrected chi connectivity index (χ1v) is 48.9. The summed E-state index contributed by atoms with van der Waals surface area (Å²) in [6.45, 7) is 12.8. The van der Waals surface area contributed by atoms with Gasteiger partial charge < -0.3 is 88.8 Å². The molecule has 668 valence electrons. The standard InChI is InChI=1S/C20H23BN2O2.C18H21BN4O3.C18H22BN3O3.2C17H22BN3O4S/c1-20-6-11-4-12(7-20)17(13(5-11)8-20)15-9-21(24)25-16-10-23-19-14(18(15)16)2-3-22-19;24-18(14-2-1-4-20-14)23-11-6-10(7-11)13-8-19(25)26-15-9-22-17-12(16(13)15)3-5-21-17;1-3-16(23)22-7-5-11(2)14(10-22)13-8-19(24)25-15-9-21-18-12(17(13)15)4-6-20-18;1-19-26(23,24)10-11-2-4-12(5-3-11)14-8-18(22)25-15-9-21-17-13(16(14)15)6-7-20-17;1-3-6-26(23,24)21-12-7-11(8-12)15-10(2)18(22)25-14-9-20-17-13(16(14)15)4-5-19-17/h2-3,9-13,17,24H,4-8H2,1H3,(H,22,23);3,5,8-11,14,20,25H,1-2,4,6-7H2,(H,21,22)(H,23,24);4,6,8-9,11,14,24H,3,5,7,10H2,1-2H3,(H,20,21);6-9,11-12,19,22H,2-5,10H2,1H3,(H,20,21);4-5,9,11-12,21-22H,3,6-8H2,1-2H3,(H,19,20)/t;;11-,14+;;/m..1../s1. The van der Waals surface area contributed by atoms with E-state index >= 15 is 0 Å². The Balaban J connectivity index is 0.000000104. The van der Waals surface area contributed by atoms with Crippen molar-refractivity contribution in [2.45, 2.75) is 168 Å². The summed E-state index contributed by atoms with van der Waals surface area (Å²) in [6.07, 6.45) is 35.3. The molecule has 128 heavy (non-hydrogen) atoms. The molecule has 0 aromatic carbocycles. The van der Waals surface area contributed by atoms with Crippen molar-refractivity contribution in [1.29, 1.82) is 0 Å². The summed E-state index contributed by atoms with van der Waals surface area (Å²) >= 11 is 0. The highest BCUT2D eigenvalue weighted by atomic mass is 32.2. The molecule has 7 saturated carbocycles. The normalized spacial score (nSPS) is 27.1. The second kappa shape index (κ2) is 35.7. The average molecular weight is 1780 g/mol. The molecular weight excluding hydrogens is 1670 g/mol. The lowest BCUT2D eigenvalue weighted by molar-refractivity contribution is -0.132. The molecule has 2 saturated heterocycles. The van der Waals surface area contributed by atoms with Gasteiger partial charge in [0.25, 0.3) is 0 Å². The number of amides is 2. The summed E-state index contributed by atoms with van der Waals surface area (Å²) in [5, 5.41) is 62.4. The number of nitrogens with one attached hydrogen (secondary N) is 9. The third kappa shape index (κ3) is 17.4. The second-order valence-corrected chi connectivity index (χ2v) is 41.5. The number of aromatic amines is 5. The molecule has 5 atom stereocenters. The van der Waals surface area contributed by atoms with Crippen LogP contribution in [-0.4, -0.2) is 200 Å². The predicted molar refractivity (Wildman–Crippen MR) is 495 cm³/mol. The highest BCUT2D eigenvalue weighted by Crippen LogP contribution is 2.65. The summed E-state index contributed by atoms with van der Waals surface area (Å²) < 4.78 is 80.7. The van der Waals surface area contributed by atoms with Gasteiger partial charge in [0.2, 0.25) is 31.9 Å². The lowest BCUT2D eigenvalue weighted by atomic mass is 9.45. The lowest BCUT2D eigenvalue weighted by Crippen LogP contribution is -2.50. The van der Waals surface area contributed by atoms with Crippen molar-refractivity contribution in [2.24, 2.45) is 64.6 Å². The quantitative estimate of drug-likeness (QED) is 0.0424. The Labute approximate surface area is 745 Å². The van der Waals surface area contributed by atoms with Crippen LogP contribution in [0.1, 0.15) is 178 Å². The number of hydrogen-bond acceptors (Lipinski definition) is 22. The number of likely N-dealkylation sites (tertiary alicyclic amines) is 1. The van der Waals surface area contributed by atoms with Gasteiger partial charge in [-0.15, -0.1) is 0 Å². The number of fused-ring (bicyclic) bond motifs is 15. The van der Waals surface area contributed by atoms with Gasteiger partial charge >= 0.3 is 35.6 Å². The van der Waals surface area contributed by atoms with Crippen LogP contribution in [0.5, 0.6) is 28.7 Å². The van der Waals surface area contributed by atoms with Gasteiger partial charge in [-0.1, -0.05) is 27.7 Å². The fourth-order valence-electron chi connectivity index (χ4n) is 23.4. The third-order valence-electron chi connectivity index (χ3n) is 29.2. The van der Waals surface area contributed by atoms with E-state index in [0.29, 0.717) is 65.6 Å². The maximum absolute atomic E-state index is 12.3. The summed E-state index contributed by atoms with van der Waals surface area (Å²) in [6, 6.07) is 10.1. The Morgan fingerprint density at radius 1 is 0.547 bits per heavy atom. The van der Waals surface area contributed by atoms with Gasteiger partial charge in [-0.25, -0.2) is 51.2 Å². The van der Waals surface area contributed by atoms with Crippen LogP contribution in [0.3, 0.4) is 0 Å². The molecule has 7 aliphatic carbocycles. The molecule has 31 nitrogen and oxygen atoms in total. The van der Waals surface area contributed by atoms with Crippen LogP contribution < -0.4 is 43.3 Å². The monoisotopic (exact) mass is 1780 g/mol. The van der Waals surface area contributed by atoms with Gasteiger partial charge in [-0.05, 0) is 276 Å². The summed E-state index contributed by atoms with van der Waals surface area (Å²) in [5.74, 6) is 15.6. The maximum atomic E-state index is 12.3. The molecule has 10 aromatic heterocycles. The predicted octanol–water partition coefficient (Wildman–Crippen LogP) is 10.6. The molecule has 17 heterocycles. The van der Waals surface area contributed by atoms with Crippen molar-refractivity contribution in [2.75, 3.05) is 38.2 Å². The van der Waals surface area contributed by atoms with Gasteiger partial charge in [0.05, 0.1) is 48.5 Å². The van der Waals surface area contributed by atoms with Gasteiger partial charge in [-0.2, -0.15) is 0 Å². The molecule has 2 amide bonds. The largest absolute Gasteiger partial charge is 0.555 e. The first-order chi connectivity index (χ1) is 61.7. The zero-order valence-corrected chi connectivity index (χ0v) is 74.5. The van der Waals surface area contributed by atoms with Crippen molar-refractivity contribution >= 4 is 150 Å². The molecule has 7 aliphatic heterocycles. The Hall–Kier alpha value is -10.0. The van der Waals surface area contributed by atoms with Gasteiger partial charge in [0.15, 0.2) is 0 Å². The topological polar surface area (TPSA) is 444 Å². The van der Waals surface area contributed by atoms with E-state index in [4.69, 9.17) is 23.3 Å². The first kappa shape index (κ1) is 87.3. The van der Waals surface area contributed by atoms with E-state index in [0.717, 1.165) is 212 Å². The van der Waals surface area contributed by atoms with Crippen LogP contribution in [0, 0.1) is 64.6 Å². The summed E-state index contributed by atoms with van der Waals surface area (Å²) in [5.41, 5.74) is 16.1. The first-order valence-electron chi connectivity index (χ1n) is 45.6. The van der Waals surface area contributed by atoms with Gasteiger partial charge in [0.1, 0.15) is 57.0 Å². The van der Waals surface area contributed by atoms with Crippen LogP contribution in [0.2, 0.25) is 0 Å². The van der Waals surface area contributed by atoms with Crippen molar-refractivity contribution in [3.05, 3.63) is 149 Å². The molecule has 38 heteroatoms. The van der Waals surface area contributed by atoms with E-state index in [9.17, 15) is 51.5 Å². The number of pyridine rings is 5.